The molecule has 0 bridgehead atoms. The highest BCUT2D eigenvalue weighted by atomic mass is 35.5. The number of rotatable bonds is 6. The van der Waals surface area contributed by atoms with E-state index in [1.165, 1.54) is 6.07 Å². The third-order valence-corrected chi connectivity index (χ3v) is 6.02. The van der Waals surface area contributed by atoms with Crippen molar-refractivity contribution in [3.8, 4) is 5.75 Å². The van der Waals surface area contributed by atoms with Crippen LogP contribution >= 0.6 is 11.6 Å². The Labute approximate surface area is 191 Å². The summed E-state index contributed by atoms with van der Waals surface area (Å²) in [5.74, 6) is 0.791. The van der Waals surface area contributed by atoms with E-state index in [-0.39, 0.29) is 24.0 Å². The second kappa shape index (κ2) is 9.71. The molecular weight excluding hydrogens is 433 g/mol. The van der Waals surface area contributed by atoms with Gasteiger partial charge in [0.05, 0.1) is 5.56 Å². The maximum absolute atomic E-state index is 14.1. The second-order valence-electron chi connectivity index (χ2n) is 7.94. The van der Waals surface area contributed by atoms with Gasteiger partial charge in [-0.15, -0.1) is 0 Å². The first kappa shape index (κ1) is 22.3. The lowest BCUT2D eigenvalue weighted by molar-refractivity contribution is 0.0615. The molecule has 1 saturated heterocycles. The van der Waals surface area contributed by atoms with Gasteiger partial charge >= 0.3 is 0 Å². The van der Waals surface area contributed by atoms with Crippen LogP contribution in [-0.2, 0) is 13.2 Å². The van der Waals surface area contributed by atoms with Gasteiger partial charge in [0.25, 0.3) is 5.91 Å². The first-order valence-corrected chi connectivity index (χ1v) is 10.9. The van der Waals surface area contributed by atoms with Crippen LogP contribution in [0.15, 0.2) is 47.0 Å². The average Bonchev–Trinajstić information content (AvgIpc) is 3.15. The van der Waals surface area contributed by atoms with Gasteiger partial charge in [-0.3, -0.25) is 9.69 Å². The number of ether oxygens (including phenoxy) is 1. The molecule has 1 amide bonds. The van der Waals surface area contributed by atoms with Gasteiger partial charge in [0.1, 0.15) is 23.9 Å². The number of nitrogens with zero attached hydrogens (tertiary/aromatic N) is 3. The first-order valence-electron chi connectivity index (χ1n) is 10.5. The van der Waals surface area contributed by atoms with Gasteiger partial charge in [0.2, 0.25) is 0 Å². The van der Waals surface area contributed by atoms with Crippen molar-refractivity contribution in [3.05, 3.63) is 81.4 Å². The summed E-state index contributed by atoms with van der Waals surface area (Å²) >= 11 is 6.15. The standard InChI is InChI=1S/C24H25ClFN3O3/c1-16-5-3-6-18(13-16)31-15-20-17(2)32-27-23(20)24(30)29-11-9-28(10-12-29)14-19-21(25)7-4-8-22(19)26/h3-8,13H,9-12,14-15H2,1-2H3. The number of aromatic nitrogens is 1. The molecule has 1 fully saturated rings. The number of hydrogen-bond donors (Lipinski definition) is 0. The van der Waals surface area contributed by atoms with E-state index < -0.39 is 0 Å². The topological polar surface area (TPSA) is 58.8 Å². The molecule has 1 aliphatic heterocycles. The number of aryl methyl sites for hydroxylation is 2. The van der Waals surface area contributed by atoms with E-state index in [2.05, 4.69) is 10.1 Å². The number of benzene rings is 2. The third kappa shape index (κ3) is 4.95. The predicted octanol–water partition coefficient (Wildman–Crippen LogP) is 4.62. The Hall–Kier alpha value is -2.90. The molecule has 6 nitrogen and oxygen atoms in total. The molecule has 2 heterocycles. The van der Waals surface area contributed by atoms with Gasteiger partial charge in [0, 0.05) is 43.3 Å². The zero-order chi connectivity index (χ0) is 22.7. The molecule has 0 unspecified atom stereocenters. The highest BCUT2D eigenvalue weighted by molar-refractivity contribution is 6.31. The van der Waals surface area contributed by atoms with Crippen molar-refractivity contribution in [2.45, 2.75) is 27.0 Å². The van der Waals surface area contributed by atoms with Crippen LogP contribution in [-0.4, -0.2) is 47.0 Å². The Morgan fingerprint density at radius 2 is 1.88 bits per heavy atom. The quantitative estimate of drug-likeness (QED) is 0.540. The van der Waals surface area contributed by atoms with Crippen molar-refractivity contribution in [1.29, 1.82) is 0 Å². The summed E-state index contributed by atoms with van der Waals surface area (Å²) < 4.78 is 25.3. The Morgan fingerprint density at radius 3 is 2.59 bits per heavy atom. The van der Waals surface area contributed by atoms with Crippen molar-refractivity contribution in [3.63, 3.8) is 0 Å². The Bertz CT molecular complexity index is 1090. The van der Waals surface area contributed by atoms with E-state index in [1.807, 2.05) is 31.2 Å². The lowest BCUT2D eigenvalue weighted by Crippen LogP contribution is -2.48. The fourth-order valence-corrected chi connectivity index (χ4v) is 3.98. The lowest BCUT2D eigenvalue weighted by Gasteiger charge is -2.34. The molecule has 0 radical (unpaired) electrons. The fraction of sp³-hybridized carbons (Fsp3) is 0.333. The number of halogens is 2. The zero-order valence-electron chi connectivity index (χ0n) is 18.1. The van der Waals surface area contributed by atoms with Crippen molar-refractivity contribution < 1.29 is 18.4 Å². The Balaban J connectivity index is 1.38. The molecule has 32 heavy (non-hydrogen) atoms. The van der Waals surface area contributed by atoms with Crippen LogP contribution < -0.4 is 4.74 Å². The third-order valence-electron chi connectivity index (χ3n) is 5.66. The fourth-order valence-electron chi connectivity index (χ4n) is 3.76. The van der Waals surface area contributed by atoms with Gasteiger partial charge in [-0.05, 0) is 43.7 Å². The van der Waals surface area contributed by atoms with Crippen LogP contribution in [0.2, 0.25) is 5.02 Å². The van der Waals surface area contributed by atoms with E-state index in [4.69, 9.17) is 20.9 Å². The minimum absolute atomic E-state index is 0.187. The maximum Gasteiger partial charge on any atom is 0.276 e. The normalized spacial score (nSPS) is 14.6. The van der Waals surface area contributed by atoms with Gasteiger partial charge in [0.15, 0.2) is 5.69 Å². The highest BCUT2D eigenvalue weighted by Gasteiger charge is 2.28. The Kier molecular flexibility index (Phi) is 6.77. The van der Waals surface area contributed by atoms with E-state index in [0.29, 0.717) is 54.6 Å². The summed E-state index contributed by atoms with van der Waals surface area (Å²) in [6.07, 6.45) is 0. The van der Waals surface area contributed by atoms with Crippen LogP contribution in [0.5, 0.6) is 5.75 Å². The molecule has 3 aromatic rings. The number of hydrogen-bond acceptors (Lipinski definition) is 5. The number of carbonyl (C=O) groups is 1. The molecule has 1 aliphatic rings. The summed E-state index contributed by atoms with van der Waals surface area (Å²) in [6, 6.07) is 12.4. The summed E-state index contributed by atoms with van der Waals surface area (Å²) in [5.41, 5.74) is 2.50. The zero-order valence-corrected chi connectivity index (χ0v) is 18.9. The number of amides is 1. The largest absolute Gasteiger partial charge is 0.489 e. The summed E-state index contributed by atoms with van der Waals surface area (Å²) in [6.45, 7) is 6.62. The van der Waals surface area contributed by atoms with Crippen molar-refractivity contribution in [1.82, 2.24) is 15.0 Å². The summed E-state index contributed by atoms with van der Waals surface area (Å²) in [5, 5.41) is 4.42. The minimum Gasteiger partial charge on any atom is -0.489 e. The molecule has 0 N–H and O–H groups in total. The first-order chi connectivity index (χ1) is 15.4. The maximum atomic E-state index is 14.1. The lowest BCUT2D eigenvalue weighted by atomic mass is 10.1. The molecule has 0 atom stereocenters. The molecule has 4 rings (SSSR count). The van der Waals surface area contributed by atoms with Gasteiger partial charge in [-0.25, -0.2) is 4.39 Å². The smallest absolute Gasteiger partial charge is 0.276 e. The molecule has 1 aromatic heterocycles. The monoisotopic (exact) mass is 457 g/mol. The van der Waals surface area contributed by atoms with Crippen LogP contribution in [0.1, 0.15) is 32.9 Å². The van der Waals surface area contributed by atoms with Gasteiger partial charge < -0.3 is 14.2 Å². The Morgan fingerprint density at radius 1 is 1.12 bits per heavy atom. The van der Waals surface area contributed by atoms with E-state index in [9.17, 15) is 9.18 Å². The van der Waals surface area contributed by atoms with Crippen LogP contribution in [0.25, 0.3) is 0 Å². The van der Waals surface area contributed by atoms with Crippen molar-refractivity contribution in [2.24, 2.45) is 0 Å². The molecule has 2 aromatic carbocycles. The van der Waals surface area contributed by atoms with Crippen LogP contribution in [0, 0.1) is 19.7 Å². The second-order valence-corrected chi connectivity index (χ2v) is 8.35. The minimum atomic E-state index is -0.313. The van der Waals surface area contributed by atoms with E-state index >= 15 is 0 Å². The number of carbonyl (C=O) groups excluding carboxylic acids is 1. The average molecular weight is 458 g/mol. The van der Waals surface area contributed by atoms with Gasteiger partial charge in [-0.2, -0.15) is 0 Å². The molecule has 0 spiro atoms. The molecule has 0 saturated carbocycles. The summed E-state index contributed by atoms with van der Waals surface area (Å²) in [4.78, 5) is 17.0. The molecule has 8 heteroatoms. The van der Waals surface area contributed by atoms with Gasteiger partial charge in [-0.1, -0.05) is 35.0 Å². The highest BCUT2D eigenvalue weighted by Crippen LogP contribution is 2.23. The SMILES string of the molecule is Cc1cccc(OCc2c(C(=O)N3CCN(Cc4c(F)cccc4Cl)CC3)noc2C)c1. The van der Waals surface area contributed by atoms with E-state index in [0.717, 1.165) is 11.3 Å². The van der Waals surface area contributed by atoms with Crippen LogP contribution in [0.3, 0.4) is 0 Å². The van der Waals surface area contributed by atoms with Crippen molar-refractivity contribution >= 4 is 17.5 Å². The summed E-state index contributed by atoms with van der Waals surface area (Å²) in [7, 11) is 0. The van der Waals surface area contributed by atoms with E-state index in [1.54, 1.807) is 24.0 Å². The van der Waals surface area contributed by atoms with Crippen LogP contribution in [0.4, 0.5) is 4.39 Å². The molecular formula is C24H25ClFN3O3. The van der Waals surface area contributed by atoms with Crippen molar-refractivity contribution in [2.75, 3.05) is 26.2 Å². The molecule has 168 valence electrons. The molecule has 0 aliphatic carbocycles. The predicted molar refractivity (Wildman–Crippen MR) is 119 cm³/mol. The number of piperazine rings is 1.